The van der Waals surface area contributed by atoms with Gasteiger partial charge in [0.1, 0.15) is 5.92 Å². The number of aliphatic carboxylic acids is 2. The molecule has 1 rings (SSSR count). The van der Waals surface area contributed by atoms with Crippen LogP contribution in [0, 0.1) is 5.92 Å². The fraction of sp³-hybridized carbons (Fsp3) is 0.833. The highest BCUT2D eigenvalue weighted by atomic mass is 17.4. The highest BCUT2D eigenvalue weighted by molar-refractivity contribution is 5.85. The molecule has 1 aliphatic rings. The number of carbonyl (C=O) groups is 2. The predicted molar refractivity (Wildman–Crippen MR) is 61.7 cm³/mol. The molecule has 0 aromatic carbocycles. The summed E-state index contributed by atoms with van der Waals surface area (Å²) in [6.07, 6.45) is 6.33. The molecule has 1 aliphatic heterocycles. The van der Waals surface area contributed by atoms with Crippen molar-refractivity contribution < 1.29 is 29.6 Å². The second kappa shape index (κ2) is 6.70. The Hall–Kier alpha value is -1.14. The van der Waals surface area contributed by atoms with E-state index in [2.05, 4.69) is 16.7 Å². The van der Waals surface area contributed by atoms with E-state index in [1.54, 1.807) is 0 Å². The average Bonchev–Trinajstić information content (AvgIpc) is 3.09. The summed E-state index contributed by atoms with van der Waals surface area (Å²) in [5, 5.41) is 17.9. The maximum atomic E-state index is 11.0. The zero-order valence-corrected chi connectivity index (χ0v) is 10.6. The maximum Gasteiger partial charge on any atom is 0.371 e. The molecular formula is C12H20O6. The van der Waals surface area contributed by atoms with Crippen molar-refractivity contribution in [2.24, 2.45) is 5.92 Å². The Morgan fingerprint density at radius 1 is 1.06 bits per heavy atom. The lowest BCUT2D eigenvalue weighted by molar-refractivity contribution is -0.157. The molecule has 1 unspecified atom stereocenters. The topological polar surface area (TPSA) is 99.7 Å². The molecule has 0 bridgehead atoms. The van der Waals surface area contributed by atoms with Gasteiger partial charge >= 0.3 is 17.7 Å². The van der Waals surface area contributed by atoms with E-state index in [0.717, 1.165) is 25.7 Å². The van der Waals surface area contributed by atoms with Crippen LogP contribution in [0.3, 0.4) is 0 Å². The Balaban J connectivity index is 2.32. The van der Waals surface area contributed by atoms with Crippen molar-refractivity contribution in [1.29, 1.82) is 0 Å². The highest BCUT2D eigenvalue weighted by Gasteiger charge is 2.65. The summed E-state index contributed by atoms with van der Waals surface area (Å²) in [5.74, 6) is -5.65. The van der Waals surface area contributed by atoms with Gasteiger partial charge in [-0.15, -0.1) is 0 Å². The van der Waals surface area contributed by atoms with Crippen LogP contribution >= 0.6 is 0 Å². The molecule has 1 fully saturated rings. The van der Waals surface area contributed by atoms with Crippen molar-refractivity contribution in [3.63, 3.8) is 0 Å². The minimum Gasteiger partial charge on any atom is -0.481 e. The summed E-state index contributed by atoms with van der Waals surface area (Å²) in [6.45, 7) is 2.12. The molecule has 0 radical (unpaired) electrons. The Kier molecular flexibility index (Phi) is 5.55. The van der Waals surface area contributed by atoms with E-state index in [1.165, 1.54) is 6.42 Å². The number of rotatable bonds is 10. The number of carboxylic acid groups (broad SMARTS) is 2. The van der Waals surface area contributed by atoms with Gasteiger partial charge in [-0.2, -0.15) is 9.78 Å². The molecule has 1 saturated heterocycles. The third-order valence-corrected chi connectivity index (χ3v) is 3.16. The predicted octanol–water partition coefficient (Wildman–Crippen LogP) is 2.18. The molecule has 0 amide bonds. The van der Waals surface area contributed by atoms with Gasteiger partial charge < -0.3 is 10.2 Å². The van der Waals surface area contributed by atoms with Crippen LogP contribution in [0.5, 0.6) is 0 Å². The van der Waals surface area contributed by atoms with Crippen molar-refractivity contribution in [3.8, 4) is 0 Å². The van der Waals surface area contributed by atoms with Gasteiger partial charge in [0.05, 0.1) is 0 Å². The van der Waals surface area contributed by atoms with Crippen LogP contribution in [-0.2, 0) is 19.4 Å². The molecule has 2 N–H and O–H groups in total. The third kappa shape index (κ3) is 3.68. The summed E-state index contributed by atoms with van der Waals surface area (Å²) in [7, 11) is 0. The molecule has 1 heterocycles. The minimum atomic E-state index is -1.95. The van der Waals surface area contributed by atoms with Gasteiger partial charge in [-0.1, -0.05) is 45.4 Å². The number of hydrogen-bond donors (Lipinski definition) is 2. The first kappa shape index (κ1) is 14.9. The molecule has 1 atom stereocenters. The van der Waals surface area contributed by atoms with Crippen LogP contribution in [0.2, 0.25) is 0 Å². The molecule has 0 saturated carbocycles. The largest absolute Gasteiger partial charge is 0.481 e. The van der Waals surface area contributed by atoms with Crippen LogP contribution in [0.15, 0.2) is 0 Å². The monoisotopic (exact) mass is 260 g/mol. The molecule has 0 aromatic heterocycles. The lowest BCUT2D eigenvalue weighted by atomic mass is 9.93. The van der Waals surface area contributed by atoms with E-state index in [-0.39, 0.29) is 6.42 Å². The lowest BCUT2D eigenvalue weighted by Gasteiger charge is -2.12. The van der Waals surface area contributed by atoms with Crippen molar-refractivity contribution in [2.45, 2.75) is 57.7 Å². The Morgan fingerprint density at radius 3 is 2.06 bits per heavy atom. The van der Waals surface area contributed by atoms with E-state index >= 15 is 0 Å². The molecule has 0 aromatic rings. The number of hydrogen-bond acceptors (Lipinski definition) is 4. The summed E-state index contributed by atoms with van der Waals surface area (Å²) < 4.78 is 0. The van der Waals surface area contributed by atoms with Crippen molar-refractivity contribution in [2.75, 3.05) is 0 Å². The van der Waals surface area contributed by atoms with E-state index in [4.69, 9.17) is 10.2 Å². The van der Waals surface area contributed by atoms with Gasteiger partial charge in [-0.05, 0) is 6.42 Å². The normalized spacial score (nSPS) is 18.3. The molecule has 0 aliphatic carbocycles. The smallest absolute Gasteiger partial charge is 0.371 e. The lowest BCUT2D eigenvalue weighted by Crippen LogP contribution is -2.38. The first-order chi connectivity index (χ1) is 8.54. The van der Waals surface area contributed by atoms with Crippen LogP contribution < -0.4 is 0 Å². The Labute approximate surface area is 106 Å². The SMILES string of the molecule is CCCCCCCCC(C(=O)O)C1(C(=O)O)OO1. The first-order valence-corrected chi connectivity index (χ1v) is 6.37. The number of carboxylic acids is 2. The van der Waals surface area contributed by atoms with E-state index < -0.39 is 23.6 Å². The molecule has 104 valence electrons. The van der Waals surface area contributed by atoms with Gasteiger partial charge in [0, 0.05) is 0 Å². The zero-order valence-electron chi connectivity index (χ0n) is 10.6. The summed E-state index contributed by atoms with van der Waals surface area (Å²) in [5.41, 5.74) is 0. The fourth-order valence-electron chi connectivity index (χ4n) is 1.99. The van der Waals surface area contributed by atoms with Gasteiger partial charge in [0.25, 0.3) is 0 Å². The second-order valence-corrected chi connectivity index (χ2v) is 4.59. The Bertz CT molecular complexity index is 297. The van der Waals surface area contributed by atoms with E-state index in [9.17, 15) is 9.59 Å². The first-order valence-electron chi connectivity index (χ1n) is 6.37. The molecule has 0 spiro atoms. The summed E-state index contributed by atoms with van der Waals surface area (Å²) in [4.78, 5) is 30.7. The highest BCUT2D eigenvalue weighted by Crippen LogP contribution is 2.40. The minimum absolute atomic E-state index is 0.258. The van der Waals surface area contributed by atoms with E-state index in [1.807, 2.05) is 0 Å². The van der Waals surface area contributed by atoms with Crippen LogP contribution in [0.4, 0.5) is 0 Å². The van der Waals surface area contributed by atoms with Crippen molar-refractivity contribution in [3.05, 3.63) is 0 Å². The molecule has 6 heteroatoms. The van der Waals surface area contributed by atoms with Crippen LogP contribution in [-0.4, -0.2) is 27.9 Å². The van der Waals surface area contributed by atoms with Crippen molar-refractivity contribution >= 4 is 11.9 Å². The van der Waals surface area contributed by atoms with Gasteiger partial charge in [-0.3, -0.25) is 4.79 Å². The summed E-state index contributed by atoms with van der Waals surface area (Å²) >= 11 is 0. The van der Waals surface area contributed by atoms with Gasteiger partial charge in [0.2, 0.25) is 0 Å². The average molecular weight is 260 g/mol. The molecular weight excluding hydrogens is 240 g/mol. The number of unbranched alkanes of at least 4 members (excludes halogenated alkanes) is 5. The molecule has 6 nitrogen and oxygen atoms in total. The molecule has 18 heavy (non-hydrogen) atoms. The van der Waals surface area contributed by atoms with E-state index in [0.29, 0.717) is 6.42 Å². The quantitative estimate of drug-likeness (QED) is 0.355. The van der Waals surface area contributed by atoms with Gasteiger partial charge in [-0.25, -0.2) is 4.79 Å². The second-order valence-electron chi connectivity index (χ2n) is 4.59. The van der Waals surface area contributed by atoms with Crippen molar-refractivity contribution in [1.82, 2.24) is 0 Å². The fourth-order valence-corrected chi connectivity index (χ4v) is 1.99. The third-order valence-electron chi connectivity index (χ3n) is 3.16. The maximum absolute atomic E-state index is 11.0. The summed E-state index contributed by atoms with van der Waals surface area (Å²) in [6, 6.07) is 0. The van der Waals surface area contributed by atoms with Crippen LogP contribution in [0.25, 0.3) is 0 Å². The zero-order chi connectivity index (χ0) is 13.6. The standard InChI is InChI=1S/C12H20O6/c1-2-3-4-5-6-7-8-9(10(13)14)12(11(15)16)17-18-12/h9H,2-8H2,1H3,(H,13,14)(H,15,16). The van der Waals surface area contributed by atoms with Crippen LogP contribution in [0.1, 0.15) is 51.9 Å². The Morgan fingerprint density at radius 2 is 1.61 bits per heavy atom. The van der Waals surface area contributed by atoms with Gasteiger partial charge in [0.15, 0.2) is 0 Å².